The highest BCUT2D eigenvalue weighted by Gasteiger charge is 2.07. The first-order chi connectivity index (χ1) is 10.2. The smallest absolute Gasteiger partial charge is 0.228 e. The summed E-state index contributed by atoms with van der Waals surface area (Å²) < 4.78 is 5.42. The molecule has 0 bridgehead atoms. The maximum Gasteiger partial charge on any atom is 0.228 e. The predicted molar refractivity (Wildman–Crippen MR) is 84.8 cm³/mol. The molecule has 1 amide bonds. The van der Waals surface area contributed by atoms with Gasteiger partial charge in [0.05, 0.1) is 6.42 Å². The zero-order valence-corrected chi connectivity index (χ0v) is 12.3. The maximum absolute atomic E-state index is 12.0. The summed E-state index contributed by atoms with van der Waals surface area (Å²) in [6, 6.07) is 14.5. The van der Waals surface area contributed by atoms with Crippen molar-refractivity contribution in [3.63, 3.8) is 0 Å². The first kappa shape index (κ1) is 15.4. The summed E-state index contributed by atoms with van der Waals surface area (Å²) in [4.78, 5) is 12.0. The van der Waals surface area contributed by atoms with Crippen LogP contribution in [0.1, 0.15) is 5.56 Å². The van der Waals surface area contributed by atoms with Crippen LogP contribution in [0.4, 0.5) is 5.69 Å². The number of hydrogen-bond acceptors (Lipinski definition) is 3. The van der Waals surface area contributed by atoms with Gasteiger partial charge in [-0.25, -0.2) is 0 Å². The molecule has 0 heterocycles. The third kappa shape index (κ3) is 4.77. The summed E-state index contributed by atoms with van der Waals surface area (Å²) in [6.07, 6.45) is 0.230. The van der Waals surface area contributed by atoms with Crippen LogP contribution in [0.15, 0.2) is 48.5 Å². The molecule has 3 N–H and O–H groups in total. The fraction of sp³-hybridized carbons (Fsp3) is 0.188. The lowest BCUT2D eigenvalue weighted by Gasteiger charge is -2.09. The highest BCUT2D eigenvalue weighted by atomic mass is 35.5. The van der Waals surface area contributed by atoms with Gasteiger partial charge < -0.3 is 15.8 Å². The lowest BCUT2D eigenvalue weighted by atomic mass is 10.1. The number of benzene rings is 2. The van der Waals surface area contributed by atoms with Gasteiger partial charge >= 0.3 is 0 Å². The van der Waals surface area contributed by atoms with Gasteiger partial charge in [-0.05, 0) is 23.8 Å². The van der Waals surface area contributed by atoms with Crippen molar-refractivity contribution >= 4 is 23.2 Å². The molecule has 110 valence electrons. The maximum atomic E-state index is 12.0. The number of anilines is 1. The van der Waals surface area contributed by atoms with Gasteiger partial charge in [0.1, 0.15) is 12.4 Å². The highest BCUT2D eigenvalue weighted by Crippen LogP contribution is 2.19. The second kappa shape index (κ2) is 7.67. The van der Waals surface area contributed by atoms with E-state index in [-0.39, 0.29) is 12.3 Å². The Morgan fingerprint density at radius 1 is 1.19 bits per heavy atom. The van der Waals surface area contributed by atoms with Crippen LogP contribution in [-0.4, -0.2) is 19.1 Å². The Kier molecular flexibility index (Phi) is 5.60. The lowest BCUT2D eigenvalue weighted by molar-refractivity contribution is -0.115. The van der Waals surface area contributed by atoms with E-state index in [9.17, 15) is 4.79 Å². The average molecular weight is 305 g/mol. The van der Waals surface area contributed by atoms with E-state index in [0.717, 1.165) is 5.56 Å². The number of nitrogens with two attached hydrogens (primary N) is 1. The minimum absolute atomic E-state index is 0.126. The molecule has 4 nitrogen and oxygen atoms in total. The molecule has 0 unspecified atom stereocenters. The van der Waals surface area contributed by atoms with Crippen LogP contribution in [0.5, 0.6) is 5.75 Å². The molecule has 0 atom stereocenters. The molecule has 2 rings (SSSR count). The molecule has 0 saturated heterocycles. The fourth-order valence-electron chi connectivity index (χ4n) is 1.86. The third-order valence-corrected chi connectivity index (χ3v) is 3.18. The zero-order chi connectivity index (χ0) is 15.1. The lowest BCUT2D eigenvalue weighted by Crippen LogP contribution is -2.15. The number of ether oxygens (including phenoxy) is 1. The van der Waals surface area contributed by atoms with Crippen molar-refractivity contribution in [2.75, 3.05) is 18.5 Å². The van der Waals surface area contributed by atoms with Crippen LogP contribution in [0.25, 0.3) is 0 Å². The van der Waals surface area contributed by atoms with Gasteiger partial charge in [-0.2, -0.15) is 0 Å². The summed E-state index contributed by atoms with van der Waals surface area (Å²) in [5.41, 5.74) is 6.87. The number of nitrogens with one attached hydrogen (secondary N) is 1. The second-order valence-electron chi connectivity index (χ2n) is 4.48. The minimum Gasteiger partial charge on any atom is -0.492 e. The van der Waals surface area contributed by atoms with E-state index in [1.165, 1.54) is 0 Å². The van der Waals surface area contributed by atoms with Gasteiger partial charge in [-0.1, -0.05) is 35.9 Å². The van der Waals surface area contributed by atoms with Crippen LogP contribution in [0.3, 0.4) is 0 Å². The SMILES string of the molecule is NCCOc1cccc(NC(=O)Cc2ccccc2Cl)c1. The summed E-state index contributed by atoms with van der Waals surface area (Å²) in [5.74, 6) is 0.551. The Balaban J connectivity index is 1.98. The molecule has 0 aliphatic carbocycles. The average Bonchev–Trinajstić information content (AvgIpc) is 2.48. The van der Waals surface area contributed by atoms with E-state index < -0.39 is 0 Å². The monoisotopic (exact) mass is 304 g/mol. The van der Waals surface area contributed by atoms with Crippen molar-refractivity contribution in [3.05, 3.63) is 59.1 Å². The molecular formula is C16H17ClN2O2. The molecule has 0 fully saturated rings. The van der Waals surface area contributed by atoms with E-state index >= 15 is 0 Å². The van der Waals surface area contributed by atoms with Crippen molar-refractivity contribution in [1.82, 2.24) is 0 Å². The van der Waals surface area contributed by atoms with Gasteiger partial charge in [0.2, 0.25) is 5.91 Å². The van der Waals surface area contributed by atoms with E-state index in [2.05, 4.69) is 5.32 Å². The van der Waals surface area contributed by atoms with Crippen LogP contribution >= 0.6 is 11.6 Å². The van der Waals surface area contributed by atoms with Crippen molar-refractivity contribution in [3.8, 4) is 5.75 Å². The topological polar surface area (TPSA) is 64.3 Å². The fourth-order valence-corrected chi connectivity index (χ4v) is 2.06. The van der Waals surface area contributed by atoms with Crippen LogP contribution in [0, 0.1) is 0 Å². The Morgan fingerprint density at radius 2 is 2.00 bits per heavy atom. The Hall–Kier alpha value is -2.04. The number of carbonyl (C=O) groups is 1. The molecule has 2 aromatic rings. The molecule has 21 heavy (non-hydrogen) atoms. The van der Waals surface area contributed by atoms with Crippen molar-refractivity contribution in [1.29, 1.82) is 0 Å². The summed E-state index contributed by atoms with van der Waals surface area (Å²) in [5, 5.41) is 3.42. The largest absolute Gasteiger partial charge is 0.492 e. The van der Waals surface area contributed by atoms with E-state index in [4.69, 9.17) is 22.1 Å². The number of rotatable bonds is 6. The molecular weight excluding hydrogens is 288 g/mol. The molecule has 0 aliphatic heterocycles. The van der Waals surface area contributed by atoms with Gasteiger partial charge in [-0.15, -0.1) is 0 Å². The van der Waals surface area contributed by atoms with E-state index in [0.29, 0.717) is 29.6 Å². The number of carbonyl (C=O) groups excluding carboxylic acids is 1. The van der Waals surface area contributed by atoms with Gasteiger partial charge in [0.25, 0.3) is 0 Å². The van der Waals surface area contributed by atoms with Crippen molar-refractivity contribution in [2.45, 2.75) is 6.42 Å². The molecule has 0 aromatic heterocycles. The third-order valence-electron chi connectivity index (χ3n) is 2.81. The molecule has 2 aromatic carbocycles. The molecule has 0 radical (unpaired) electrons. The van der Waals surface area contributed by atoms with E-state index in [1.54, 1.807) is 18.2 Å². The number of hydrogen-bond donors (Lipinski definition) is 2. The van der Waals surface area contributed by atoms with E-state index in [1.807, 2.05) is 30.3 Å². The van der Waals surface area contributed by atoms with Gasteiger partial charge in [0.15, 0.2) is 0 Å². The van der Waals surface area contributed by atoms with Crippen molar-refractivity contribution in [2.24, 2.45) is 5.73 Å². The number of halogens is 1. The standard InChI is InChI=1S/C16H17ClN2O2/c17-15-7-2-1-4-12(15)10-16(20)19-13-5-3-6-14(11-13)21-9-8-18/h1-7,11H,8-10,18H2,(H,19,20). The zero-order valence-electron chi connectivity index (χ0n) is 11.5. The summed E-state index contributed by atoms with van der Waals surface area (Å²) in [7, 11) is 0. The van der Waals surface area contributed by atoms with Crippen LogP contribution < -0.4 is 15.8 Å². The Labute approximate surface area is 128 Å². The van der Waals surface area contributed by atoms with Gasteiger partial charge in [0, 0.05) is 23.3 Å². The summed E-state index contributed by atoms with van der Waals surface area (Å²) in [6.45, 7) is 0.889. The molecule has 0 saturated carbocycles. The Morgan fingerprint density at radius 3 is 2.76 bits per heavy atom. The molecule has 0 aliphatic rings. The first-order valence-corrected chi connectivity index (χ1v) is 7.03. The summed E-state index contributed by atoms with van der Waals surface area (Å²) >= 11 is 6.04. The second-order valence-corrected chi connectivity index (χ2v) is 4.89. The highest BCUT2D eigenvalue weighted by molar-refractivity contribution is 6.31. The first-order valence-electron chi connectivity index (χ1n) is 6.65. The minimum atomic E-state index is -0.126. The predicted octanol–water partition coefficient (Wildman–Crippen LogP) is 2.86. The van der Waals surface area contributed by atoms with Crippen molar-refractivity contribution < 1.29 is 9.53 Å². The quantitative estimate of drug-likeness (QED) is 0.862. The molecule has 0 spiro atoms. The normalized spacial score (nSPS) is 10.2. The van der Waals surface area contributed by atoms with Crippen LogP contribution in [-0.2, 0) is 11.2 Å². The van der Waals surface area contributed by atoms with Crippen LogP contribution in [0.2, 0.25) is 5.02 Å². The molecule has 5 heteroatoms. The van der Waals surface area contributed by atoms with Gasteiger partial charge in [-0.3, -0.25) is 4.79 Å². The Bertz CT molecular complexity index is 617. The number of amides is 1.